The molecule has 150 valence electrons. The normalized spacial score (nSPS) is 12.7. The number of benzene rings is 1. The van der Waals surface area contributed by atoms with Crippen LogP contribution in [0.1, 0.15) is 42.6 Å². The van der Waals surface area contributed by atoms with Gasteiger partial charge in [0.15, 0.2) is 5.96 Å². The Morgan fingerprint density at radius 1 is 1.26 bits per heavy atom. The van der Waals surface area contributed by atoms with Crippen molar-refractivity contribution < 1.29 is 9.59 Å². The van der Waals surface area contributed by atoms with E-state index in [1.54, 1.807) is 18.2 Å². The fourth-order valence-corrected chi connectivity index (χ4v) is 2.52. The van der Waals surface area contributed by atoms with Gasteiger partial charge in [0.25, 0.3) is 5.91 Å². The SMILES string of the molecule is CCc1cc(N)ccc1C(=O)N[C@@H](C)CNC(=O)[C@@H](N)CCCN=C(N)N. The number of hydrogen-bond donors (Lipinski definition) is 6. The van der Waals surface area contributed by atoms with Gasteiger partial charge < -0.3 is 33.6 Å². The Morgan fingerprint density at radius 3 is 2.59 bits per heavy atom. The van der Waals surface area contributed by atoms with Gasteiger partial charge in [-0.1, -0.05) is 6.92 Å². The maximum atomic E-state index is 12.4. The maximum Gasteiger partial charge on any atom is 0.251 e. The van der Waals surface area contributed by atoms with E-state index in [0.717, 1.165) is 5.56 Å². The Bertz CT molecular complexity index is 672. The van der Waals surface area contributed by atoms with Gasteiger partial charge in [0.05, 0.1) is 6.04 Å². The van der Waals surface area contributed by atoms with Crippen LogP contribution in [0.4, 0.5) is 5.69 Å². The zero-order chi connectivity index (χ0) is 20.4. The molecule has 0 heterocycles. The number of nitrogen functional groups attached to an aromatic ring is 1. The van der Waals surface area contributed by atoms with E-state index < -0.39 is 6.04 Å². The van der Waals surface area contributed by atoms with Gasteiger partial charge in [-0.2, -0.15) is 0 Å². The molecule has 0 aliphatic rings. The first-order chi connectivity index (χ1) is 12.7. The molecule has 1 rings (SSSR count). The van der Waals surface area contributed by atoms with E-state index in [-0.39, 0.29) is 30.4 Å². The predicted octanol–water partition coefficient (Wildman–Crippen LogP) is -0.553. The fraction of sp³-hybridized carbons (Fsp3) is 0.500. The van der Waals surface area contributed by atoms with Crippen molar-refractivity contribution in [3.63, 3.8) is 0 Å². The van der Waals surface area contributed by atoms with Gasteiger partial charge in [-0.05, 0) is 49.9 Å². The number of carbonyl (C=O) groups is 2. The fourth-order valence-electron chi connectivity index (χ4n) is 2.52. The van der Waals surface area contributed by atoms with Crippen molar-refractivity contribution in [3.05, 3.63) is 29.3 Å². The number of guanidine groups is 1. The van der Waals surface area contributed by atoms with Gasteiger partial charge in [-0.25, -0.2) is 0 Å². The highest BCUT2D eigenvalue weighted by Crippen LogP contribution is 2.14. The molecule has 0 fully saturated rings. The number of hydrogen-bond acceptors (Lipinski definition) is 5. The second-order valence-electron chi connectivity index (χ2n) is 6.45. The Hall–Kier alpha value is -2.81. The monoisotopic (exact) mass is 377 g/mol. The molecule has 0 saturated carbocycles. The standard InChI is InChI=1S/C18H31N7O2/c1-3-12-9-13(19)6-7-14(12)16(26)25-11(2)10-24-17(27)15(20)5-4-8-23-18(21)22/h6-7,9,11,15H,3-5,8,10,19-20H2,1-2H3,(H,24,27)(H,25,26)(H4,21,22,23)/t11-,15-/m0/s1. The minimum atomic E-state index is -0.647. The average molecular weight is 377 g/mol. The lowest BCUT2D eigenvalue weighted by atomic mass is 10.0. The molecule has 0 unspecified atom stereocenters. The summed E-state index contributed by atoms with van der Waals surface area (Å²) in [4.78, 5) is 28.3. The molecule has 1 aromatic carbocycles. The highest BCUT2D eigenvalue weighted by Gasteiger charge is 2.16. The van der Waals surface area contributed by atoms with Crippen LogP contribution in [0, 0.1) is 0 Å². The van der Waals surface area contributed by atoms with Crippen molar-refractivity contribution in [2.75, 3.05) is 18.8 Å². The van der Waals surface area contributed by atoms with Crippen molar-refractivity contribution in [2.45, 2.75) is 45.2 Å². The average Bonchev–Trinajstić information content (AvgIpc) is 2.62. The summed E-state index contributed by atoms with van der Waals surface area (Å²) in [5, 5.41) is 5.61. The molecule has 27 heavy (non-hydrogen) atoms. The molecule has 2 atom stereocenters. The molecule has 0 bridgehead atoms. The Labute approximate surface area is 159 Å². The highest BCUT2D eigenvalue weighted by atomic mass is 16.2. The summed E-state index contributed by atoms with van der Waals surface area (Å²) in [5.74, 6) is -0.456. The van der Waals surface area contributed by atoms with Crippen LogP contribution in [0.2, 0.25) is 0 Å². The molecule has 0 spiro atoms. The van der Waals surface area contributed by atoms with Crippen LogP contribution in [0.5, 0.6) is 0 Å². The van der Waals surface area contributed by atoms with Crippen LogP contribution >= 0.6 is 0 Å². The molecule has 10 N–H and O–H groups in total. The van der Waals surface area contributed by atoms with Gasteiger partial charge in [0.1, 0.15) is 0 Å². The largest absolute Gasteiger partial charge is 0.399 e. The second-order valence-corrected chi connectivity index (χ2v) is 6.45. The zero-order valence-corrected chi connectivity index (χ0v) is 16.0. The van der Waals surface area contributed by atoms with E-state index >= 15 is 0 Å². The van der Waals surface area contributed by atoms with Gasteiger partial charge in [0, 0.05) is 30.4 Å². The van der Waals surface area contributed by atoms with Gasteiger partial charge >= 0.3 is 0 Å². The van der Waals surface area contributed by atoms with E-state index in [1.807, 2.05) is 13.8 Å². The highest BCUT2D eigenvalue weighted by molar-refractivity contribution is 5.96. The molecule has 9 nitrogen and oxygen atoms in total. The Balaban J connectivity index is 2.43. The number of aliphatic imine (C=N–C) groups is 1. The molecular weight excluding hydrogens is 346 g/mol. The van der Waals surface area contributed by atoms with Gasteiger partial charge in [0.2, 0.25) is 5.91 Å². The maximum absolute atomic E-state index is 12.4. The summed E-state index contributed by atoms with van der Waals surface area (Å²) in [5.41, 5.74) is 24.2. The lowest BCUT2D eigenvalue weighted by molar-refractivity contribution is -0.122. The lowest BCUT2D eigenvalue weighted by Gasteiger charge is -2.18. The number of anilines is 1. The molecular formula is C18H31N7O2. The topological polar surface area (TPSA) is 175 Å². The van der Waals surface area contributed by atoms with Crippen molar-refractivity contribution in [1.29, 1.82) is 0 Å². The van der Waals surface area contributed by atoms with Crippen molar-refractivity contribution in [2.24, 2.45) is 22.2 Å². The first kappa shape index (κ1) is 22.2. The van der Waals surface area contributed by atoms with E-state index in [4.69, 9.17) is 22.9 Å². The smallest absolute Gasteiger partial charge is 0.251 e. The quantitative estimate of drug-likeness (QED) is 0.138. The first-order valence-corrected chi connectivity index (χ1v) is 9.02. The summed E-state index contributed by atoms with van der Waals surface area (Å²) in [6, 6.07) is 4.30. The molecule has 0 radical (unpaired) electrons. The Morgan fingerprint density at radius 2 is 1.96 bits per heavy atom. The van der Waals surface area contributed by atoms with Crippen molar-refractivity contribution in [1.82, 2.24) is 10.6 Å². The number of carbonyl (C=O) groups excluding carboxylic acids is 2. The lowest BCUT2D eigenvalue weighted by Crippen LogP contribution is -2.47. The molecule has 1 aromatic rings. The summed E-state index contributed by atoms with van der Waals surface area (Å²) >= 11 is 0. The summed E-state index contributed by atoms with van der Waals surface area (Å²) < 4.78 is 0. The van der Waals surface area contributed by atoms with E-state index in [2.05, 4.69) is 15.6 Å². The summed E-state index contributed by atoms with van der Waals surface area (Å²) in [6.07, 6.45) is 1.78. The van der Waals surface area contributed by atoms with Crippen LogP contribution in [-0.2, 0) is 11.2 Å². The number of nitrogens with zero attached hydrogens (tertiary/aromatic N) is 1. The molecule has 0 saturated heterocycles. The van der Waals surface area contributed by atoms with Crippen molar-refractivity contribution in [3.8, 4) is 0 Å². The first-order valence-electron chi connectivity index (χ1n) is 9.02. The third-order valence-electron chi connectivity index (χ3n) is 4.02. The zero-order valence-electron chi connectivity index (χ0n) is 16.0. The molecule has 0 aliphatic heterocycles. The number of nitrogens with one attached hydrogen (secondary N) is 2. The van der Waals surface area contributed by atoms with Gasteiger partial charge in [-0.15, -0.1) is 0 Å². The van der Waals surface area contributed by atoms with Gasteiger partial charge in [-0.3, -0.25) is 14.6 Å². The van der Waals surface area contributed by atoms with Crippen LogP contribution in [-0.4, -0.2) is 42.9 Å². The number of aryl methyl sites for hydroxylation is 1. The third-order valence-corrected chi connectivity index (χ3v) is 4.02. The van der Waals surface area contributed by atoms with Crippen LogP contribution < -0.4 is 33.6 Å². The minimum absolute atomic E-state index is 0.0184. The number of amides is 2. The number of nitrogens with two attached hydrogens (primary N) is 4. The van der Waals surface area contributed by atoms with E-state index in [0.29, 0.717) is 37.1 Å². The van der Waals surface area contributed by atoms with Crippen LogP contribution in [0.3, 0.4) is 0 Å². The second kappa shape index (κ2) is 11.0. The summed E-state index contributed by atoms with van der Waals surface area (Å²) in [6.45, 7) is 4.48. The predicted molar refractivity (Wildman–Crippen MR) is 108 cm³/mol. The summed E-state index contributed by atoms with van der Waals surface area (Å²) in [7, 11) is 0. The molecule has 0 aliphatic carbocycles. The van der Waals surface area contributed by atoms with Crippen LogP contribution in [0.25, 0.3) is 0 Å². The van der Waals surface area contributed by atoms with Crippen LogP contribution in [0.15, 0.2) is 23.2 Å². The van der Waals surface area contributed by atoms with E-state index in [9.17, 15) is 9.59 Å². The number of rotatable bonds is 10. The van der Waals surface area contributed by atoms with E-state index in [1.165, 1.54) is 0 Å². The Kier molecular flexibility index (Phi) is 9.07. The molecule has 2 amide bonds. The van der Waals surface area contributed by atoms with Crippen molar-refractivity contribution >= 4 is 23.5 Å². The molecule has 0 aromatic heterocycles. The minimum Gasteiger partial charge on any atom is -0.399 e. The third kappa shape index (κ3) is 7.95. The molecule has 9 heteroatoms.